The van der Waals surface area contributed by atoms with Crippen LogP contribution in [0.15, 0.2) is 60.5 Å². The molecule has 0 saturated carbocycles. The Hall–Kier alpha value is -1.82. The predicted octanol–water partition coefficient (Wildman–Crippen LogP) is 3.86. The molecule has 0 N–H and O–H groups in total. The van der Waals surface area contributed by atoms with Crippen molar-refractivity contribution < 1.29 is 8.22 Å². The molecule has 0 atom stereocenters. The zero-order valence-corrected chi connectivity index (χ0v) is 7.46. The summed E-state index contributed by atoms with van der Waals surface area (Å²) in [6.07, 6.45) is 1.48. The van der Waals surface area contributed by atoms with E-state index in [4.69, 9.17) is 8.22 Å². The highest BCUT2D eigenvalue weighted by molar-refractivity contribution is 5.69. The number of benzene rings is 2. The minimum Gasteiger partial charge on any atom is -0.0622 e. The molecule has 0 heterocycles. The molecule has 0 saturated heterocycles. The highest BCUT2D eigenvalue weighted by Gasteiger charge is 1.84. The van der Waals surface area contributed by atoms with E-state index in [-0.39, 0.29) is 23.7 Å². The van der Waals surface area contributed by atoms with E-state index in [9.17, 15) is 0 Å². The maximum atomic E-state index is 7.99. The van der Waals surface area contributed by atoms with Gasteiger partial charge in [0.15, 0.2) is 0 Å². The standard InChI is InChI=1S/C14H12/c1-3-7-13(8-4-1)11-12-14-9-5-2-6-10-14/h1-12H/b12-11+/i1D,3D,4D,7D,8D,11D. The van der Waals surface area contributed by atoms with Crippen molar-refractivity contribution in [2.75, 3.05) is 0 Å². The van der Waals surface area contributed by atoms with Gasteiger partial charge in [0.1, 0.15) is 0 Å². The summed E-state index contributed by atoms with van der Waals surface area (Å²) in [5.41, 5.74) is 0.657. The molecule has 0 aromatic heterocycles. The summed E-state index contributed by atoms with van der Waals surface area (Å²) in [7, 11) is 0. The van der Waals surface area contributed by atoms with E-state index in [0.717, 1.165) is 5.56 Å². The minimum atomic E-state index is -0.448. The van der Waals surface area contributed by atoms with Gasteiger partial charge in [0.25, 0.3) is 0 Å². The number of hydrogen-bond acceptors (Lipinski definition) is 0. The van der Waals surface area contributed by atoms with Gasteiger partial charge in [-0.15, -0.1) is 0 Å². The van der Waals surface area contributed by atoms with Crippen molar-refractivity contribution in [1.29, 1.82) is 0 Å². The normalized spacial score (nSPS) is 17.3. The molecule has 0 unspecified atom stereocenters. The summed E-state index contributed by atoms with van der Waals surface area (Å²) < 4.78 is 46.3. The molecule has 14 heavy (non-hydrogen) atoms. The second-order valence-electron chi connectivity index (χ2n) is 2.70. The first-order valence-electron chi connectivity index (χ1n) is 7.24. The SMILES string of the molecule is [2H]/C(=C\c1ccccc1)c1c([2H])c([2H])c([2H])c([2H])c1[2H]. The van der Waals surface area contributed by atoms with Crippen LogP contribution in [0.5, 0.6) is 0 Å². The molecule has 0 spiro atoms. The predicted molar refractivity (Wildman–Crippen MR) is 61.8 cm³/mol. The number of rotatable bonds is 2. The van der Waals surface area contributed by atoms with Crippen molar-refractivity contribution in [3.63, 3.8) is 0 Å². The molecule has 0 amide bonds. The molecule has 0 nitrogen and oxygen atoms in total. The topological polar surface area (TPSA) is 0 Å². The lowest BCUT2D eigenvalue weighted by atomic mass is 10.1. The van der Waals surface area contributed by atoms with Gasteiger partial charge >= 0.3 is 0 Å². The average molecular weight is 186 g/mol. The maximum Gasteiger partial charge on any atom is 0.0629 e. The Bertz CT molecular complexity index is 647. The van der Waals surface area contributed by atoms with Crippen LogP contribution in [0, 0.1) is 0 Å². The molecule has 0 bridgehead atoms. The van der Waals surface area contributed by atoms with Gasteiger partial charge in [0.05, 0.1) is 8.22 Å². The molecule has 0 fully saturated rings. The van der Waals surface area contributed by atoms with Gasteiger partial charge in [0, 0.05) is 0 Å². The second kappa shape index (κ2) is 4.43. The molecule has 0 aliphatic carbocycles. The highest BCUT2D eigenvalue weighted by Crippen LogP contribution is 2.06. The van der Waals surface area contributed by atoms with Gasteiger partial charge in [-0.05, 0) is 11.1 Å². The Kier molecular flexibility index (Phi) is 1.31. The van der Waals surface area contributed by atoms with Crippen LogP contribution < -0.4 is 0 Å². The first kappa shape index (κ1) is 4.14. The van der Waals surface area contributed by atoms with E-state index in [1.54, 1.807) is 24.3 Å². The van der Waals surface area contributed by atoms with Gasteiger partial charge in [-0.1, -0.05) is 72.7 Å². The fourth-order valence-electron chi connectivity index (χ4n) is 1.03. The molecule has 0 aliphatic rings. The van der Waals surface area contributed by atoms with E-state index in [0.29, 0.717) is 0 Å². The van der Waals surface area contributed by atoms with Gasteiger partial charge in [-0.3, -0.25) is 0 Å². The van der Waals surface area contributed by atoms with Crippen LogP contribution in [0.2, 0.25) is 0 Å². The summed E-state index contributed by atoms with van der Waals surface area (Å²) in [4.78, 5) is 0. The Labute approximate surface area is 93.0 Å². The van der Waals surface area contributed by atoms with E-state index in [1.807, 2.05) is 6.07 Å². The van der Waals surface area contributed by atoms with Crippen LogP contribution in [0.3, 0.4) is 0 Å². The Balaban J connectivity index is 2.62. The lowest BCUT2D eigenvalue weighted by molar-refractivity contribution is 1.65. The first-order chi connectivity index (χ1) is 9.43. The van der Waals surface area contributed by atoms with E-state index in [1.165, 1.54) is 6.08 Å². The molecule has 68 valence electrons. The zero-order valence-electron chi connectivity index (χ0n) is 13.5. The van der Waals surface area contributed by atoms with Gasteiger partial charge in [-0.25, -0.2) is 0 Å². The van der Waals surface area contributed by atoms with Crippen LogP contribution in [0.25, 0.3) is 12.1 Å². The van der Waals surface area contributed by atoms with E-state index < -0.39 is 18.1 Å². The number of hydrogen-bond donors (Lipinski definition) is 0. The monoisotopic (exact) mass is 186 g/mol. The van der Waals surface area contributed by atoms with Crippen molar-refractivity contribution >= 4 is 12.1 Å². The van der Waals surface area contributed by atoms with Crippen molar-refractivity contribution in [2.45, 2.75) is 0 Å². The summed E-state index contributed by atoms with van der Waals surface area (Å²) >= 11 is 0. The summed E-state index contributed by atoms with van der Waals surface area (Å²) in [5.74, 6) is 0. The van der Waals surface area contributed by atoms with Crippen LogP contribution in [-0.2, 0) is 0 Å². The highest BCUT2D eigenvalue weighted by atomic mass is 13.9. The summed E-state index contributed by atoms with van der Waals surface area (Å²) in [5, 5.41) is 0. The summed E-state index contributed by atoms with van der Waals surface area (Å²) in [6, 6.07) is 6.91. The van der Waals surface area contributed by atoms with E-state index >= 15 is 0 Å². The van der Waals surface area contributed by atoms with Crippen molar-refractivity contribution in [3.05, 3.63) is 71.7 Å². The Morgan fingerprint density at radius 2 is 1.64 bits per heavy atom. The summed E-state index contributed by atoms with van der Waals surface area (Å²) in [6.45, 7) is 0. The van der Waals surface area contributed by atoms with Crippen LogP contribution >= 0.6 is 0 Å². The fraction of sp³-hybridized carbons (Fsp3) is 0. The molecule has 2 aromatic carbocycles. The molecular weight excluding hydrogens is 168 g/mol. The second-order valence-corrected chi connectivity index (χ2v) is 2.70. The lowest BCUT2D eigenvalue weighted by Crippen LogP contribution is -1.70. The molecule has 2 rings (SSSR count). The molecule has 2 aromatic rings. The van der Waals surface area contributed by atoms with Crippen molar-refractivity contribution in [1.82, 2.24) is 0 Å². The van der Waals surface area contributed by atoms with Crippen LogP contribution in [0.1, 0.15) is 19.4 Å². The third-order valence-corrected chi connectivity index (χ3v) is 1.68. The largest absolute Gasteiger partial charge is 0.0629 e. The van der Waals surface area contributed by atoms with Crippen LogP contribution in [0.4, 0.5) is 0 Å². The Morgan fingerprint density at radius 1 is 0.929 bits per heavy atom. The van der Waals surface area contributed by atoms with E-state index in [2.05, 4.69) is 0 Å². The Morgan fingerprint density at radius 3 is 2.36 bits per heavy atom. The van der Waals surface area contributed by atoms with Crippen LogP contribution in [-0.4, -0.2) is 0 Å². The van der Waals surface area contributed by atoms with Gasteiger partial charge in [-0.2, -0.15) is 0 Å². The van der Waals surface area contributed by atoms with Gasteiger partial charge in [0.2, 0.25) is 0 Å². The average Bonchev–Trinajstić information content (AvgIpc) is 2.44. The van der Waals surface area contributed by atoms with Crippen molar-refractivity contribution in [2.24, 2.45) is 0 Å². The van der Waals surface area contributed by atoms with Crippen molar-refractivity contribution in [3.8, 4) is 0 Å². The molecule has 0 heteroatoms. The third kappa shape index (κ3) is 2.33. The molecule has 0 aliphatic heterocycles. The zero-order chi connectivity index (χ0) is 14.9. The fourth-order valence-corrected chi connectivity index (χ4v) is 1.03. The molecule has 0 radical (unpaired) electrons. The minimum absolute atomic E-state index is 0.0835. The third-order valence-electron chi connectivity index (χ3n) is 1.68. The quantitative estimate of drug-likeness (QED) is 0.625. The first-order valence-corrected chi connectivity index (χ1v) is 4.24. The maximum absolute atomic E-state index is 7.99. The lowest BCUT2D eigenvalue weighted by Gasteiger charge is -1.92. The molecular formula is C14H12. The van der Waals surface area contributed by atoms with Gasteiger partial charge < -0.3 is 0 Å². The smallest absolute Gasteiger partial charge is 0.0622 e.